The number of nitrogens with zero attached hydrogens (tertiary/aromatic N) is 2. The Labute approximate surface area is 244 Å². The molecule has 1 aliphatic rings. The van der Waals surface area contributed by atoms with Gasteiger partial charge in [0.1, 0.15) is 11.8 Å². The summed E-state index contributed by atoms with van der Waals surface area (Å²) >= 11 is 3.46. The molecule has 0 amide bonds. The molecule has 2 aromatic carbocycles. The van der Waals surface area contributed by atoms with E-state index in [1.807, 2.05) is 57.2 Å². The zero-order valence-corrected chi connectivity index (χ0v) is 25.7. The van der Waals surface area contributed by atoms with Crippen molar-refractivity contribution in [2.45, 2.75) is 46.8 Å². The minimum atomic E-state index is -0.757. The molecule has 2 heterocycles. The van der Waals surface area contributed by atoms with E-state index in [1.165, 1.54) is 11.3 Å². The third-order valence-corrected chi connectivity index (χ3v) is 7.72. The molecule has 10 heteroatoms. The third-order valence-electron chi connectivity index (χ3n) is 5.93. The second kappa shape index (κ2) is 12.4. The average molecular weight is 663 g/mol. The number of para-hydroxylation sites is 1. The number of methoxy groups -OCH3 is 1. The smallest absolute Gasteiger partial charge is 0.338 e. The van der Waals surface area contributed by atoms with E-state index in [0.717, 1.165) is 9.13 Å². The molecule has 4 rings (SSSR count). The van der Waals surface area contributed by atoms with E-state index in [4.69, 9.17) is 18.9 Å². The van der Waals surface area contributed by atoms with Crippen LogP contribution in [0.1, 0.15) is 51.8 Å². The molecule has 39 heavy (non-hydrogen) atoms. The normalized spacial score (nSPS) is 15.2. The predicted octanol–water partition coefficient (Wildman–Crippen LogP) is 4.60. The van der Waals surface area contributed by atoms with Crippen molar-refractivity contribution >= 4 is 46.0 Å². The molecule has 1 aromatic heterocycles. The zero-order valence-electron chi connectivity index (χ0n) is 22.7. The van der Waals surface area contributed by atoms with Gasteiger partial charge in [0.25, 0.3) is 5.56 Å². The number of aromatic nitrogens is 1. The van der Waals surface area contributed by atoms with E-state index in [0.29, 0.717) is 50.0 Å². The molecule has 1 aliphatic heterocycles. The number of fused-ring (bicyclic) bond motifs is 1. The van der Waals surface area contributed by atoms with Crippen molar-refractivity contribution in [1.29, 1.82) is 0 Å². The summed E-state index contributed by atoms with van der Waals surface area (Å²) in [6.45, 7) is 10.0. The van der Waals surface area contributed by atoms with Crippen LogP contribution in [0.2, 0.25) is 0 Å². The first kappa shape index (κ1) is 28.9. The number of rotatable bonds is 9. The first-order valence-corrected chi connectivity index (χ1v) is 14.5. The van der Waals surface area contributed by atoms with Crippen molar-refractivity contribution in [2.24, 2.45) is 4.99 Å². The van der Waals surface area contributed by atoms with E-state index in [9.17, 15) is 9.59 Å². The summed E-state index contributed by atoms with van der Waals surface area (Å²) < 4.78 is 25.7. The third kappa shape index (κ3) is 5.91. The number of thiazole rings is 1. The highest BCUT2D eigenvalue weighted by Crippen LogP contribution is 2.37. The summed E-state index contributed by atoms with van der Waals surface area (Å²) in [4.78, 5) is 32.4. The number of ether oxygens (including phenoxy) is 4. The van der Waals surface area contributed by atoms with Gasteiger partial charge in [-0.2, -0.15) is 0 Å². The Morgan fingerprint density at radius 2 is 1.92 bits per heavy atom. The Balaban J connectivity index is 1.96. The van der Waals surface area contributed by atoms with Gasteiger partial charge < -0.3 is 18.9 Å². The van der Waals surface area contributed by atoms with Crippen molar-refractivity contribution in [1.82, 2.24) is 4.57 Å². The summed E-state index contributed by atoms with van der Waals surface area (Å²) in [5.41, 5.74) is 2.02. The molecule has 0 aliphatic carbocycles. The van der Waals surface area contributed by atoms with Crippen LogP contribution in [-0.2, 0) is 9.53 Å². The van der Waals surface area contributed by atoms with Crippen molar-refractivity contribution < 1.29 is 23.7 Å². The number of esters is 1. The van der Waals surface area contributed by atoms with Crippen LogP contribution in [0, 0.1) is 3.57 Å². The Morgan fingerprint density at radius 3 is 2.59 bits per heavy atom. The molecule has 206 valence electrons. The molecule has 0 spiro atoms. The standard InChI is InChI=1S/C29H31IN2O6S/c1-7-36-26-20(30)13-18(14-22(26)35-6)15-23-27(33)32-25(19-11-9-10-12-21(19)38-16(3)4)24(28(34)37-8-2)17(5)31-29(32)39-23/h9-16,25H,7-8H2,1-6H3/b23-15-/t25-/m1/s1. The number of allylic oxidation sites excluding steroid dienone is 1. The van der Waals surface area contributed by atoms with Crippen LogP contribution in [0.3, 0.4) is 0 Å². The van der Waals surface area contributed by atoms with Gasteiger partial charge in [-0.1, -0.05) is 29.5 Å². The van der Waals surface area contributed by atoms with Crippen molar-refractivity contribution in [2.75, 3.05) is 20.3 Å². The first-order valence-electron chi connectivity index (χ1n) is 12.7. The summed E-state index contributed by atoms with van der Waals surface area (Å²) in [6, 6.07) is 10.5. The van der Waals surface area contributed by atoms with E-state index >= 15 is 0 Å². The molecule has 0 fully saturated rings. The monoisotopic (exact) mass is 662 g/mol. The Bertz CT molecular complexity index is 1600. The molecule has 0 N–H and O–H groups in total. The fourth-order valence-electron chi connectivity index (χ4n) is 4.41. The second-order valence-electron chi connectivity index (χ2n) is 8.97. The Morgan fingerprint density at radius 1 is 1.18 bits per heavy atom. The van der Waals surface area contributed by atoms with Gasteiger partial charge in [-0.3, -0.25) is 9.36 Å². The number of carbonyl (C=O) groups excluding carboxylic acids is 1. The van der Waals surface area contributed by atoms with Crippen molar-refractivity contribution in [3.8, 4) is 17.2 Å². The molecule has 0 saturated carbocycles. The van der Waals surface area contributed by atoms with Gasteiger partial charge in [-0.15, -0.1) is 0 Å². The van der Waals surface area contributed by atoms with Crippen LogP contribution in [0.25, 0.3) is 6.08 Å². The van der Waals surface area contributed by atoms with Gasteiger partial charge in [-0.25, -0.2) is 9.79 Å². The fraction of sp³-hybridized carbons (Fsp3) is 0.345. The molecule has 3 aromatic rings. The maximum absolute atomic E-state index is 14.0. The molecular weight excluding hydrogens is 631 g/mol. The highest BCUT2D eigenvalue weighted by Gasteiger charge is 2.35. The van der Waals surface area contributed by atoms with E-state index < -0.39 is 12.0 Å². The van der Waals surface area contributed by atoms with Crippen LogP contribution in [0.15, 0.2) is 57.5 Å². The first-order chi connectivity index (χ1) is 18.7. The maximum Gasteiger partial charge on any atom is 0.338 e. The minimum absolute atomic E-state index is 0.102. The average Bonchev–Trinajstić information content (AvgIpc) is 3.19. The number of hydrogen-bond acceptors (Lipinski definition) is 8. The van der Waals surface area contributed by atoms with Gasteiger partial charge >= 0.3 is 5.97 Å². The topological polar surface area (TPSA) is 88.4 Å². The largest absolute Gasteiger partial charge is 0.493 e. The van der Waals surface area contributed by atoms with E-state index in [-0.39, 0.29) is 18.3 Å². The summed E-state index contributed by atoms with van der Waals surface area (Å²) in [5, 5.41) is 0. The summed E-state index contributed by atoms with van der Waals surface area (Å²) in [7, 11) is 1.59. The Kier molecular flexibility index (Phi) is 9.16. The van der Waals surface area contributed by atoms with Gasteiger partial charge in [0.05, 0.1) is 45.8 Å². The lowest BCUT2D eigenvalue weighted by Crippen LogP contribution is -2.40. The molecule has 0 bridgehead atoms. The quantitative estimate of drug-likeness (QED) is 0.246. The van der Waals surface area contributed by atoms with Crippen molar-refractivity contribution in [3.05, 3.63) is 82.1 Å². The molecule has 0 saturated heterocycles. The molecule has 8 nitrogen and oxygen atoms in total. The molecule has 0 unspecified atom stereocenters. The van der Waals surface area contributed by atoms with Gasteiger partial charge in [0, 0.05) is 5.56 Å². The van der Waals surface area contributed by atoms with Gasteiger partial charge in [-0.05, 0) is 87.0 Å². The van der Waals surface area contributed by atoms with Crippen LogP contribution in [0.5, 0.6) is 17.2 Å². The minimum Gasteiger partial charge on any atom is -0.493 e. The lowest BCUT2D eigenvalue weighted by molar-refractivity contribution is -0.139. The van der Waals surface area contributed by atoms with Crippen LogP contribution >= 0.6 is 33.9 Å². The number of benzene rings is 2. The number of halogens is 1. The summed E-state index contributed by atoms with van der Waals surface area (Å²) in [5.74, 6) is 1.33. The number of hydrogen-bond donors (Lipinski definition) is 0. The number of carbonyl (C=O) groups is 1. The highest BCUT2D eigenvalue weighted by atomic mass is 127. The van der Waals surface area contributed by atoms with Crippen LogP contribution < -0.4 is 29.1 Å². The Hall–Kier alpha value is -3.12. The lowest BCUT2D eigenvalue weighted by Gasteiger charge is -2.26. The SMILES string of the molecule is CCOC(=O)C1=C(C)N=c2s/c(=C\c3cc(I)c(OCC)c(OC)c3)c(=O)n2[C@@H]1c1ccccc1OC(C)C. The highest BCUT2D eigenvalue weighted by molar-refractivity contribution is 14.1. The molecular formula is C29H31IN2O6S. The van der Waals surface area contributed by atoms with Crippen LogP contribution in [-0.4, -0.2) is 37.0 Å². The maximum atomic E-state index is 14.0. The second-order valence-corrected chi connectivity index (χ2v) is 11.1. The van der Waals surface area contributed by atoms with Gasteiger partial charge in [0.2, 0.25) is 0 Å². The van der Waals surface area contributed by atoms with E-state index in [1.54, 1.807) is 31.6 Å². The molecule has 1 atom stereocenters. The lowest BCUT2D eigenvalue weighted by atomic mass is 9.95. The summed E-state index contributed by atoms with van der Waals surface area (Å²) in [6.07, 6.45) is 1.71. The van der Waals surface area contributed by atoms with Gasteiger partial charge in [0.15, 0.2) is 16.3 Å². The predicted molar refractivity (Wildman–Crippen MR) is 159 cm³/mol. The van der Waals surface area contributed by atoms with Crippen LogP contribution in [0.4, 0.5) is 0 Å². The van der Waals surface area contributed by atoms with Crippen molar-refractivity contribution in [3.63, 3.8) is 0 Å². The molecule has 0 radical (unpaired) electrons. The zero-order chi connectivity index (χ0) is 28.3. The van der Waals surface area contributed by atoms with E-state index in [2.05, 4.69) is 27.6 Å². The fourth-order valence-corrected chi connectivity index (χ4v) is 6.24.